The summed E-state index contributed by atoms with van der Waals surface area (Å²) in [6, 6.07) is 10.2. The minimum atomic E-state index is -4.34. The van der Waals surface area contributed by atoms with E-state index in [0.29, 0.717) is 5.52 Å². The Labute approximate surface area is 249 Å². The van der Waals surface area contributed by atoms with Gasteiger partial charge in [0, 0.05) is 7.11 Å². The number of nitrogen functional groups attached to an aromatic ring is 1. The quantitative estimate of drug-likeness (QED) is 0.0973. The van der Waals surface area contributed by atoms with Gasteiger partial charge in [-0.15, -0.1) is 11.6 Å². The third-order valence-electron chi connectivity index (χ3n) is 7.05. The lowest BCUT2D eigenvalue weighted by Gasteiger charge is -2.37. The van der Waals surface area contributed by atoms with Crippen molar-refractivity contribution >= 4 is 36.7 Å². The van der Waals surface area contributed by atoms with Crippen LogP contribution in [0.15, 0.2) is 48.8 Å². The summed E-state index contributed by atoms with van der Waals surface area (Å²) in [4.78, 5) is 16.6. The first-order chi connectivity index (χ1) is 20.0. The van der Waals surface area contributed by atoms with Crippen LogP contribution in [-0.2, 0) is 23.4 Å². The van der Waals surface area contributed by atoms with Crippen molar-refractivity contribution < 1.29 is 38.1 Å². The Morgan fingerprint density at radius 1 is 1.19 bits per heavy atom. The van der Waals surface area contributed by atoms with E-state index in [4.69, 9.17) is 35.9 Å². The van der Waals surface area contributed by atoms with Gasteiger partial charge in [0.2, 0.25) is 0 Å². The van der Waals surface area contributed by atoms with E-state index in [1.165, 1.54) is 30.9 Å². The molecule has 3 rings (SSSR count). The minimum absolute atomic E-state index is 0.175. The molecule has 13 nitrogen and oxygen atoms in total. The maximum atomic E-state index is 14.0. The van der Waals surface area contributed by atoms with Crippen molar-refractivity contribution in [3.05, 3.63) is 54.5 Å². The number of ether oxygens (including phenoxy) is 2. The van der Waals surface area contributed by atoms with Gasteiger partial charge in [0.05, 0.1) is 24.8 Å². The number of aliphatic hydroxyl groups is 2. The number of para-hydroxylation sites is 1. The first-order valence-electron chi connectivity index (χ1n) is 13.5. The van der Waals surface area contributed by atoms with Crippen molar-refractivity contribution in [2.45, 2.75) is 57.5 Å². The summed E-state index contributed by atoms with van der Waals surface area (Å²) in [5.74, 6) is -0.467. The zero-order valence-electron chi connectivity index (χ0n) is 24.1. The summed E-state index contributed by atoms with van der Waals surface area (Å²) >= 11 is 6.26. The van der Waals surface area contributed by atoms with Gasteiger partial charge in [-0.2, -0.15) is 10.2 Å². The van der Waals surface area contributed by atoms with Crippen LogP contribution >= 0.6 is 19.3 Å². The number of aromatic nitrogens is 3. The predicted molar refractivity (Wildman–Crippen MR) is 157 cm³/mol. The largest absolute Gasteiger partial charge is 0.464 e. The van der Waals surface area contributed by atoms with Crippen LogP contribution < -0.4 is 15.3 Å². The summed E-state index contributed by atoms with van der Waals surface area (Å²) in [5.41, 5.74) is 4.68. The average molecular weight is 628 g/mol. The Hall–Kier alpha value is -2.77. The molecule has 2 aromatic heterocycles. The maximum Gasteiger partial charge on any atom is 0.459 e. The number of anilines is 1. The second kappa shape index (κ2) is 15.1. The topological polar surface area (TPSA) is 180 Å². The third kappa shape index (κ3) is 7.99. The number of methoxy groups -OCH3 is 1. The van der Waals surface area contributed by atoms with Crippen LogP contribution in [0.25, 0.3) is 5.52 Å². The molecule has 0 amide bonds. The van der Waals surface area contributed by atoms with Gasteiger partial charge in [-0.05, 0) is 37.1 Å². The molecule has 5 atom stereocenters. The molecule has 0 aliphatic rings. The van der Waals surface area contributed by atoms with Crippen LogP contribution in [0.4, 0.5) is 5.82 Å². The van der Waals surface area contributed by atoms with Gasteiger partial charge >= 0.3 is 13.7 Å². The van der Waals surface area contributed by atoms with Crippen LogP contribution in [0.5, 0.6) is 5.75 Å². The highest BCUT2D eigenvalue weighted by molar-refractivity contribution is 7.52. The molecule has 1 unspecified atom stereocenters. The average Bonchev–Trinajstić information content (AvgIpc) is 3.43. The van der Waals surface area contributed by atoms with Gasteiger partial charge < -0.3 is 29.9 Å². The number of nitrogens with one attached hydrogen (secondary N) is 1. The number of hydrogen-bond donors (Lipinski definition) is 4. The Morgan fingerprint density at radius 2 is 1.88 bits per heavy atom. The molecule has 0 saturated heterocycles. The lowest BCUT2D eigenvalue weighted by molar-refractivity contribution is -0.151. The fourth-order valence-electron chi connectivity index (χ4n) is 4.13. The van der Waals surface area contributed by atoms with Gasteiger partial charge in [0.25, 0.3) is 0 Å². The molecule has 0 aliphatic carbocycles. The monoisotopic (exact) mass is 627 g/mol. The summed E-state index contributed by atoms with van der Waals surface area (Å²) < 4.78 is 37.8. The van der Waals surface area contributed by atoms with Gasteiger partial charge in [0.1, 0.15) is 41.4 Å². The Kier molecular flexibility index (Phi) is 12.1. The molecule has 42 heavy (non-hydrogen) atoms. The van der Waals surface area contributed by atoms with Crippen LogP contribution in [-0.4, -0.2) is 74.7 Å². The highest BCUT2D eigenvalue weighted by Gasteiger charge is 2.46. The Morgan fingerprint density at radius 3 is 2.50 bits per heavy atom. The molecule has 0 aliphatic heterocycles. The molecule has 2 heterocycles. The van der Waals surface area contributed by atoms with Crippen LogP contribution in [0.3, 0.4) is 0 Å². The second-order valence-electron chi connectivity index (χ2n) is 9.83. The highest BCUT2D eigenvalue weighted by atomic mass is 35.5. The fraction of sp³-hybridized carbons (Fsp3) is 0.519. The van der Waals surface area contributed by atoms with E-state index in [2.05, 4.69) is 15.2 Å². The minimum Gasteiger partial charge on any atom is -0.464 e. The number of aliphatic hydroxyl groups excluding tert-OH is 2. The van der Waals surface area contributed by atoms with E-state index >= 15 is 0 Å². The molecule has 0 fully saturated rings. The number of nitrogens with zero attached hydrogens (tertiary/aromatic N) is 3. The first-order valence-corrected chi connectivity index (χ1v) is 15.6. The van der Waals surface area contributed by atoms with Crippen molar-refractivity contribution in [3.63, 3.8) is 0 Å². The van der Waals surface area contributed by atoms with Gasteiger partial charge in [-0.25, -0.2) is 14.1 Å². The third-order valence-corrected chi connectivity index (χ3v) is 9.13. The normalized spacial score (nSPS) is 16.9. The van der Waals surface area contributed by atoms with Crippen molar-refractivity contribution in [2.24, 2.45) is 5.92 Å². The molecule has 232 valence electrons. The SMILES string of the molecule is CCC(CC)COC(=O)[C@H](C)NP(=O)(OC[C@@](CCl)(OC)[C@@H](O)[C@@H](O)c1ccc2c(N)ncnn12)Oc1ccccc1. The van der Waals surface area contributed by atoms with E-state index in [1.54, 1.807) is 36.4 Å². The number of carbonyl (C=O) groups excluding carboxylic acids is 1. The van der Waals surface area contributed by atoms with Gasteiger partial charge in [-0.3, -0.25) is 9.32 Å². The molecule has 0 radical (unpaired) electrons. The number of esters is 1. The number of hydrogen-bond acceptors (Lipinski definition) is 11. The molecule has 5 N–H and O–H groups in total. The summed E-state index contributed by atoms with van der Waals surface area (Å²) in [6.07, 6.45) is -0.406. The van der Waals surface area contributed by atoms with Crippen molar-refractivity contribution in [2.75, 3.05) is 31.9 Å². The standard InChI is InChI=1S/C27H39ClN5O8P/c1-5-19(6-2)14-39-26(36)18(3)32-42(37,41-20-10-8-7-9-11-20)40-16-27(15-28,38-4)24(35)23(34)21-12-13-22-25(29)30-17-31-33(21)22/h7-13,17-19,23-24,34-35H,5-6,14-16H2,1-4H3,(H,32,37)(H2,29,30,31)/t18-,23-,24-,27+,42?/m0/s1. The Balaban J connectivity index is 1.83. The van der Waals surface area contributed by atoms with Gasteiger partial charge in [-0.1, -0.05) is 44.9 Å². The molecule has 0 saturated carbocycles. The molecule has 0 spiro atoms. The fourth-order valence-corrected chi connectivity index (χ4v) is 6.02. The number of carbonyl (C=O) groups is 1. The number of halogens is 1. The summed E-state index contributed by atoms with van der Waals surface area (Å²) in [6.45, 7) is 5.08. The number of fused-ring (bicyclic) bond motifs is 1. The summed E-state index contributed by atoms with van der Waals surface area (Å²) in [5, 5.41) is 29.1. The second-order valence-corrected chi connectivity index (χ2v) is 11.8. The highest BCUT2D eigenvalue weighted by Crippen LogP contribution is 2.46. The Bertz CT molecular complexity index is 1340. The zero-order valence-corrected chi connectivity index (χ0v) is 25.7. The van der Waals surface area contributed by atoms with E-state index in [-0.39, 0.29) is 35.7 Å². The van der Waals surface area contributed by atoms with E-state index in [9.17, 15) is 19.6 Å². The zero-order chi connectivity index (χ0) is 30.9. The van der Waals surface area contributed by atoms with E-state index in [1.807, 2.05) is 13.8 Å². The van der Waals surface area contributed by atoms with Crippen LogP contribution in [0.2, 0.25) is 0 Å². The number of benzene rings is 1. The molecular formula is C27H39ClN5O8P. The molecule has 0 bridgehead atoms. The first kappa shape index (κ1) is 33.7. The van der Waals surface area contributed by atoms with Gasteiger partial charge in [0.15, 0.2) is 5.82 Å². The molecular weight excluding hydrogens is 589 g/mol. The van der Waals surface area contributed by atoms with Crippen molar-refractivity contribution in [1.82, 2.24) is 19.7 Å². The number of rotatable bonds is 17. The van der Waals surface area contributed by atoms with E-state index < -0.39 is 44.2 Å². The smallest absolute Gasteiger partial charge is 0.459 e. The van der Waals surface area contributed by atoms with Crippen LogP contribution in [0.1, 0.15) is 45.4 Å². The number of nitrogens with two attached hydrogens (primary N) is 1. The number of alkyl halides is 1. The van der Waals surface area contributed by atoms with Crippen LogP contribution in [0, 0.1) is 5.92 Å². The predicted octanol–water partition coefficient (Wildman–Crippen LogP) is 3.49. The summed E-state index contributed by atoms with van der Waals surface area (Å²) in [7, 11) is -3.08. The lowest BCUT2D eigenvalue weighted by atomic mass is 9.93. The van der Waals surface area contributed by atoms with E-state index in [0.717, 1.165) is 12.8 Å². The van der Waals surface area contributed by atoms with Crippen molar-refractivity contribution in [3.8, 4) is 5.75 Å². The molecule has 1 aromatic carbocycles. The van der Waals surface area contributed by atoms with Crippen molar-refractivity contribution in [1.29, 1.82) is 0 Å². The lowest BCUT2D eigenvalue weighted by Crippen LogP contribution is -2.53. The maximum absolute atomic E-state index is 14.0. The molecule has 3 aromatic rings. The molecule has 15 heteroatoms.